The lowest BCUT2D eigenvalue weighted by Gasteiger charge is -2.46. The molecule has 4 fully saturated rings. The van der Waals surface area contributed by atoms with Gasteiger partial charge in [0.05, 0.1) is 29.5 Å². The van der Waals surface area contributed by atoms with E-state index in [2.05, 4.69) is 31.3 Å². The fourth-order valence-electron chi connectivity index (χ4n) is 9.50. The van der Waals surface area contributed by atoms with Gasteiger partial charge in [0, 0.05) is 49.9 Å². The number of amides is 3. The zero-order valence-corrected chi connectivity index (χ0v) is 36.4. The van der Waals surface area contributed by atoms with E-state index < -0.39 is 17.8 Å². The van der Waals surface area contributed by atoms with Crippen LogP contribution in [0, 0.1) is 28.4 Å². The maximum absolute atomic E-state index is 15.3. The van der Waals surface area contributed by atoms with Crippen molar-refractivity contribution >= 4 is 52.1 Å². The third-order valence-electron chi connectivity index (χ3n) is 13.5. The van der Waals surface area contributed by atoms with Gasteiger partial charge in [0.2, 0.25) is 17.7 Å². The minimum atomic E-state index is -0.694. The molecule has 17 heteroatoms. The average molecular weight is 882 g/mol. The van der Waals surface area contributed by atoms with Gasteiger partial charge in [-0.25, -0.2) is 18.1 Å². The number of nitrogens with one attached hydrogen (secondary N) is 3. The van der Waals surface area contributed by atoms with Gasteiger partial charge in [-0.05, 0) is 137 Å². The van der Waals surface area contributed by atoms with Gasteiger partial charge in [0.1, 0.15) is 29.2 Å². The molecule has 3 amide bonds. The first-order chi connectivity index (χ1) is 30.4. The van der Waals surface area contributed by atoms with Crippen LogP contribution >= 0.6 is 12.1 Å². The van der Waals surface area contributed by atoms with Gasteiger partial charge in [0.25, 0.3) is 5.56 Å². The fraction of sp³-hybridized carbons (Fsp3) is 0.478. The summed E-state index contributed by atoms with van der Waals surface area (Å²) in [7, 11) is 1.89. The number of hydrogen-bond donors (Lipinski definition) is 3. The number of ether oxygens (including phenoxy) is 1. The van der Waals surface area contributed by atoms with E-state index in [0.29, 0.717) is 67.0 Å². The fourth-order valence-corrected chi connectivity index (χ4v) is 10.1. The second kappa shape index (κ2) is 19.0. The van der Waals surface area contributed by atoms with E-state index in [-0.39, 0.29) is 64.0 Å². The summed E-state index contributed by atoms with van der Waals surface area (Å²) in [4.78, 5) is 59.8. The van der Waals surface area contributed by atoms with Gasteiger partial charge < -0.3 is 19.7 Å². The minimum absolute atomic E-state index is 0.0151. The minimum Gasteiger partial charge on any atom is -0.453 e. The number of aromatic nitrogens is 2. The highest BCUT2D eigenvalue weighted by Crippen LogP contribution is 2.47. The monoisotopic (exact) mass is 881 g/mol. The zero-order valence-electron chi connectivity index (χ0n) is 35.6. The van der Waals surface area contributed by atoms with Crippen LogP contribution in [0.5, 0.6) is 11.5 Å². The summed E-state index contributed by atoms with van der Waals surface area (Å²) in [6.45, 7) is 5.88. The van der Waals surface area contributed by atoms with Gasteiger partial charge in [0.15, 0.2) is 11.6 Å². The number of carbonyl (C=O) groups excluding carboxylic acids is 3. The van der Waals surface area contributed by atoms with Crippen LogP contribution in [0.1, 0.15) is 94.2 Å². The molecule has 14 nitrogen and oxygen atoms in total. The van der Waals surface area contributed by atoms with Crippen molar-refractivity contribution in [1.29, 1.82) is 5.26 Å². The topological polar surface area (TPSA) is 165 Å². The lowest BCUT2D eigenvalue weighted by atomic mass is 9.67. The van der Waals surface area contributed by atoms with E-state index in [9.17, 15) is 24.4 Å². The Morgan fingerprint density at radius 2 is 1.75 bits per heavy atom. The molecule has 1 atom stereocenters. The van der Waals surface area contributed by atoms with Crippen molar-refractivity contribution < 1.29 is 27.9 Å². The van der Waals surface area contributed by atoms with Gasteiger partial charge in [-0.15, -0.1) is 0 Å². The third-order valence-corrected chi connectivity index (χ3v) is 14.4. The Morgan fingerprint density at radius 1 is 0.984 bits per heavy atom. The normalized spacial score (nSPS) is 19.9. The number of rotatable bonds is 12. The van der Waals surface area contributed by atoms with Crippen molar-refractivity contribution in [2.45, 2.75) is 89.1 Å². The Labute approximate surface area is 369 Å². The van der Waals surface area contributed by atoms with Crippen LogP contribution in [0.25, 0.3) is 10.9 Å². The summed E-state index contributed by atoms with van der Waals surface area (Å²) in [5.74, 6) is -1.55. The Bertz CT molecular complexity index is 2470. The molecule has 4 aromatic rings. The summed E-state index contributed by atoms with van der Waals surface area (Å²) in [6, 6.07) is 14.0. The molecule has 1 spiro atoms. The van der Waals surface area contributed by atoms with E-state index in [0.717, 1.165) is 57.9 Å². The zero-order chi connectivity index (χ0) is 44.3. The van der Waals surface area contributed by atoms with Crippen LogP contribution in [-0.4, -0.2) is 93.7 Å². The lowest BCUT2D eigenvalue weighted by Crippen LogP contribution is -2.48. The molecule has 1 aliphatic carbocycles. The highest BCUT2D eigenvalue weighted by atomic mass is 32.2. The molecule has 0 radical (unpaired) electrons. The third kappa shape index (κ3) is 9.83. The van der Waals surface area contributed by atoms with Gasteiger partial charge >= 0.3 is 0 Å². The van der Waals surface area contributed by atoms with E-state index >= 15 is 8.78 Å². The molecule has 63 heavy (non-hydrogen) atoms. The Hall–Kier alpha value is -5.57. The highest BCUT2D eigenvalue weighted by Gasteiger charge is 2.40. The number of anilines is 2. The van der Waals surface area contributed by atoms with Gasteiger partial charge in [-0.3, -0.25) is 34.0 Å². The number of fused-ring (bicyclic) bond motifs is 1. The van der Waals surface area contributed by atoms with Crippen molar-refractivity contribution in [2.75, 3.05) is 56.4 Å². The SMILES string of the molecule is CCN(C)SNc1ccc(F)c(Oc2ccc3ncn(C4CCC5(CC4)CCN(C(=O)CN4CCC(c6ccc(NC7CCC(=O)NC7=O)cc6F)CC4)CC5)c(=O)c3c2)c1C#N. The Balaban J connectivity index is 0.816. The highest BCUT2D eigenvalue weighted by molar-refractivity contribution is 7.98. The molecule has 1 aromatic heterocycles. The molecule has 4 aliphatic rings. The number of halogens is 2. The van der Waals surface area contributed by atoms with Crippen molar-refractivity contribution in [2.24, 2.45) is 5.41 Å². The lowest BCUT2D eigenvalue weighted by molar-refractivity contribution is -0.136. The molecule has 3 aliphatic heterocycles. The van der Waals surface area contributed by atoms with Crippen molar-refractivity contribution in [3.8, 4) is 17.6 Å². The van der Waals surface area contributed by atoms with Crippen LogP contribution < -0.4 is 25.7 Å². The van der Waals surface area contributed by atoms with E-state index in [1.165, 1.54) is 30.3 Å². The molecule has 3 saturated heterocycles. The number of piperidine rings is 3. The van der Waals surface area contributed by atoms with E-state index in [4.69, 9.17) is 4.74 Å². The number of nitriles is 1. The number of carbonyl (C=O) groups is 3. The predicted molar refractivity (Wildman–Crippen MR) is 237 cm³/mol. The van der Waals surface area contributed by atoms with Crippen LogP contribution in [-0.2, 0) is 14.4 Å². The number of hydrogen-bond acceptors (Lipinski definition) is 12. The number of benzene rings is 3. The Morgan fingerprint density at radius 3 is 2.44 bits per heavy atom. The molecule has 8 rings (SSSR count). The molecule has 332 valence electrons. The van der Waals surface area contributed by atoms with Crippen LogP contribution in [0.2, 0.25) is 0 Å². The van der Waals surface area contributed by atoms with Gasteiger partial charge in [-0.2, -0.15) is 5.26 Å². The van der Waals surface area contributed by atoms with Crippen LogP contribution in [0.15, 0.2) is 59.7 Å². The first-order valence-corrected chi connectivity index (χ1v) is 22.6. The van der Waals surface area contributed by atoms with Gasteiger partial charge in [-0.1, -0.05) is 13.0 Å². The molecular formula is C46H53F2N9O5S. The van der Waals surface area contributed by atoms with Crippen LogP contribution in [0.3, 0.4) is 0 Å². The second-order valence-electron chi connectivity index (χ2n) is 17.3. The molecule has 4 heterocycles. The summed E-state index contributed by atoms with van der Waals surface area (Å²) >= 11 is 1.28. The molecule has 3 aromatic carbocycles. The quantitative estimate of drug-likeness (QED) is 0.0980. The number of likely N-dealkylation sites (tertiary alicyclic amines) is 2. The molecule has 1 saturated carbocycles. The summed E-state index contributed by atoms with van der Waals surface area (Å²) in [5, 5.41) is 15.6. The van der Waals surface area contributed by atoms with Crippen molar-refractivity contribution in [3.05, 3.63) is 88.0 Å². The van der Waals surface area contributed by atoms with Crippen LogP contribution in [0.4, 0.5) is 20.2 Å². The first kappa shape index (κ1) is 44.1. The average Bonchev–Trinajstić information content (AvgIpc) is 3.28. The van der Waals surface area contributed by atoms with Crippen molar-refractivity contribution in [3.63, 3.8) is 0 Å². The summed E-state index contributed by atoms with van der Waals surface area (Å²) in [5.41, 5.74) is 1.98. The predicted octanol–water partition coefficient (Wildman–Crippen LogP) is 7.09. The van der Waals surface area contributed by atoms with Crippen molar-refractivity contribution in [1.82, 2.24) is 29.0 Å². The first-order valence-electron chi connectivity index (χ1n) is 21.9. The maximum atomic E-state index is 15.3. The smallest absolute Gasteiger partial charge is 0.261 e. The Kier molecular flexibility index (Phi) is 13.3. The molecular weight excluding hydrogens is 829 g/mol. The summed E-state index contributed by atoms with van der Waals surface area (Å²) < 4.78 is 43.0. The summed E-state index contributed by atoms with van der Waals surface area (Å²) in [6.07, 6.45) is 9.05. The molecule has 3 N–H and O–H groups in total. The second-order valence-corrected chi connectivity index (χ2v) is 18.3. The molecule has 0 bridgehead atoms. The maximum Gasteiger partial charge on any atom is 0.261 e. The van der Waals surface area contributed by atoms with E-state index in [1.807, 2.05) is 23.2 Å². The van der Waals surface area contributed by atoms with E-state index in [1.54, 1.807) is 41.2 Å². The number of nitrogens with zero attached hydrogens (tertiary/aromatic N) is 6. The molecule has 1 unspecified atom stereocenters. The standard InChI is InChI=1S/C46H53F2N9O5S/c1-3-54(2)63-53-39-9-7-36(47)43(35(39)26-49)62-32-5-8-38-34(25-32)45(61)57(28-50-38)31-12-16-46(17-13-31)18-22-56(23-19-46)42(59)27-55-20-14-29(15-21-55)33-6-4-30(24-37(33)48)51-40-10-11-41(58)52-44(40)60/h4-9,24-25,28-29,31,40,51,53H,3,10-23,27H2,1-2H3,(H,52,58,60). The largest absolute Gasteiger partial charge is 0.453 e. The number of imide groups is 1.